The van der Waals surface area contributed by atoms with Gasteiger partial charge in [-0.2, -0.15) is 0 Å². The number of ether oxygens (including phenoxy) is 1. The smallest absolute Gasteiger partial charge is 0.348 e. The summed E-state index contributed by atoms with van der Waals surface area (Å²) in [4.78, 5) is 10.8. The van der Waals surface area contributed by atoms with Crippen molar-refractivity contribution in [3.8, 4) is 5.75 Å². The lowest BCUT2D eigenvalue weighted by atomic mass is 10.3. The molecule has 1 aliphatic carbocycles. The number of rotatable bonds is 3. The average molecular weight is 196 g/mol. The lowest BCUT2D eigenvalue weighted by molar-refractivity contribution is -0.147. The topological polar surface area (TPSA) is 46.5 Å². The summed E-state index contributed by atoms with van der Waals surface area (Å²) in [6.07, 6.45) is 0.970. The highest BCUT2D eigenvalue weighted by molar-refractivity contribution is 5.81. The molecule has 0 unspecified atom stereocenters. The van der Waals surface area contributed by atoms with E-state index in [2.05, 4.69) is 0 Å². The minimum Gasteiger partial charge on any atom is -0.478 e. The predicted molar refractivity (Wildman–Crippen MR) is 46.6 cm³/mol. The fourth-order valence-electron chi connectivity index (χ4n) is 1.23. The molecule has 0 bridgehead atoms. The molecule has 0 spiro atoms. The Morgan fingerprint density at radius 3 is 2.71 bits per heavy atom. The van der Waals surface area contributed by atoms with Crippen LogP contribution in [0.2, 0.25) is 0 Å². The Hall–Kier alpha value is -1.58. The summed E-state index contributed by atoms with van der Waals surface area (Å²) in [7, 11) is 0. The van der Waals surface area contributed by atoms with Gasteiger partial charge >= 0.3 is 5.97 Å². The predicted octanol–water partition coefficient (Wildman–Crippen LogP) is 1.82. The summed E-state index contributed by atoms with van der Waals surface area (Å²) in [6, 6.07) is 5.50. The minimum absolute atomic E-state index is 0.268. The van der Waals surface area contributed by atoms with Crippen LogP contribution in [-0.4, -0.2) is 16.7 Å². The first kappa shape index (κ1) is 8.99. The number of hydrogen-bond donors (Lipinski definition) is 1. The monoisotopic (exact) mass is 196 g/mol. The lowest BCUT2D eigenvalue weighted by Gasteiger charge is -2.12. The van der Waals surface area contributed by atoms with Gasteiger partial charge in [0.25, 0.3) is 0 Å². The number of carboxylic acids is 1. The third-order valence-electron chi connectivity index (χ3n) is 2.20. The first-order valence-corrected chi connectivity index (χ1v) is 4.30. The molecule has 1 aromatic rings. The summed E-state index contributed by atoms with van der Waals surface area (Å²) < 4.78 is 18.0. The molecule has 4 heteroatoms. The van der Waals surface area contributed by atoms with Crippen molar-refractivity contribution < 1.29 is 19.0 Å². The van der Waals surface area contributed by atoms with Crippen LogP contribution in [0.1, 0.15) is 12.8 Å². The minimum atomic E-state index is -1.10. The van der Waals surface area contributed by atoms with E-state index < -0.39 is 17.4 Å². The van der Waals surface area contributed by atoms with Gasteiger partial charge in [0, 0.05) is 18.9 Å². The van der Waals surface area contributed by atoms with Crippen molar-refractivity contribution in [2.75, 3.05) is 0 Å². The number of benzene rings is 1. The summed E-state index contributed by atoms with van der Waals surface area (Å²) in [5, 5.41) is 8.82. The van der Waals surface area contributed by atoms with Gasteiger partial charge in [0.2, 0.25) is 5.60 Å². The van der Waals surface area contributed by atoms with Gasteiger partial charge in [-0.25, -0.2) is 9.18 Å². The maximum Gasteiger partial charge on any atom is 0.348 e. The first-order chi connectivity index (χ1) is 6.62. The third-order valence-corrected chi connectivity index (χ3v) is 2.20. The number of halogens is 1. The SMILES string of the molecule is O=C(O)C1(Oc2cccc(F)c2)CC1. The van der Waals surface area contributed by atoms with Gasteiger partial charge in [0.15, 0.2) is 0 Å². The highest BCUT2D eigenvalue weighted by atomic mass is 19.1. The number of hydrogen-bond acceptors (Lipinski definition) is 2. The molecule has 0 radical (unpaired) electrons. The molecule has 1 fully saturated rings. The molecular formula is C10H9FO3. The van der Waals surface area contributed by atoms with Crippen LogP contribution in [0.4, 0.5) is 4.39 Å². The van der Waals surface area contributed by atoms with Gasteiger partial charge in [-0.1, -0.05) is 6.07 Å². The molecule has 0 saturated heterocycles. The quantitative estimate of drug-likeness (QED) is 0.802. The van der Waals surface area contributed by atoms with Crippen molar-refractivity contribution in [3.05, 3.63) is 30.1 Å². The molecular weight excluding hydrogens is 187 g/mol. The van der Waals surface area contributed by atoms with E-state index in [4.69, 9.17) is 9.84 Å². The van der Waals surface area contributed by atoms with E-state index in [-0.39, 0.29) is 5.75 Å². The molecule has 1 saturated carbocycles. The Kier molecular flexibility index (Phi) is 1.91. The van der Waals surface area contributed by atoms with Crippen molar-refractivity contribution in [1.29, 1.82) is 0 Å². The molecule has 0 atom stereocenters. The van der Waals surface area contributed by atoms with Crippen molar-refractivity contribution in [1.82, 2.24) is 0 Å². The number of carboxylic acid groups (broad SMARTS) is 1. The van der Waals surface area contributed by atoms with Crippen LogP contribution in [0.5, 0.6) is 5.75 Å². The number of carbonyl (C=O) groups is 1. The Morgan fingerprint density at radius 2 is 2.21 bits per heavy atom. The fourth-order valence-corrected chi connectivity index (χ4v) is 1.23. The highest BCUT2D eigenvalue weighted by Gasteiger charge is 2.53. The van der Waals surface area contributed by atoms with Crippen LogP contribution < -0.4 is 4.74 Å². The van der Waals surface area contributed by atoms with Crippen LogP contribution in [0, 0.1) is 5.82 Å². The maximum atomic E-state index is 12.7. The van der Waals surface area contributed by atoms with Crippen molar-refractivity contribution in [2.24, 2.45) is 0 Å². The largest absolute Gasteiger partial charge is 0.478 e. The average Bonchev–Trinajstić information content (AvgIpc) is 2.85. The Balaban J connectivity index is 2.15. The Labute approximate surface area is 80.1 Å². The zero-order valence-corrected chi connectivity index (χ0v) is 7.37. The zero-order chi connectivity index (χ0) is 10.2. The summed E-state index contributed by atoms with van der Waals surface area (Å²) in [5.74, 6) is -1.14. The van der Waals surface area contributed by atoms with Gasteiger partial charge in [-0.05, 0) is 12.1 Å². The fraction of sp³-hybridized carbons (Fsp3) is 0.300. The third kappa shape index (κ3) is 1.55. The molecule has 0 aliphatic heterocycles. The second-order valence-corrected chi connectivity index (χ2v) is 3.36. The molecule has 74 valence electrons. The molecule has 0 aromatic heterocycles. The Morgan fingerprint density at radius 1 is 1.50 bits per heavy atom. The van der Waals surface area contributed by atoms with E-state index in [1.165, 1.54) is 18.2 Å². The van der Waals surface area contributed by atoms with Crippen LogP contribution in [-0.2, 0) is 4.79 Å². The standard InChI is InChI=1S/C10H9FO3/c11-7-2-1-3-8(6-7)14-10(4-5-10)9(12)13/h1-3,6H,4-5H2,(H,12,13). The second-order valence-electron chi connectivity index (χ2n) is 3.36. The van der Waals surface area contributed by atoms with Gasteiger partial charge < -0.3 is 9.84 Å². The van der Waals surface area contributed by atoms with E-state index in [0.29, 0.717) is 12.8 Å². The van der Waals surface area contributed by atoms with E-state index in [1.54, 1.807) is 6.07 Å². The molecule has 1 aliphatic rings. The molecule has 2 rings (SSSR count). The van der Waals surface area contributed by atoms with Crippen LogP contribution in [0.25, 0.3) is 0 Å². The second kappa shape index (κ2) is 2.97. The Bertz CT molecular complexity index is 371. The molecule has 1 N–H and O–H groups in total. The van der Waals surface area contributed by atoms with E-state index in [0.717, 1.165) is 0 Å². The summed E-state index contributed by atoms with van der Waals surface area (Å²) >= 11 is 0. The molecule has 14 heavy (non-hydrogen) atoms. The van der Waals surface area contributed by atoms with Gasteiger partial charge in [0.1, 0.15) is 11.6 Å². The molecule has 1 aromatic carbocycles. The van der Waals surface area contributed by atoms with Gasteiger partial charge in [-0.3, -0.25) is 0 Å². The lowest BCUT2D eigenvalue weighted by Crippen LogP contribution is -2.28. The van der Waals surface area contributed by atoms with Crippen molar-refractivity contribution in [2.45, 2.75) is 18.4 Å². The van der Waals surface area contributed by atoms with Crippen molar-refractivity contribution >= 4 is 5.97 Å². The highest BCUT2D eigenvalue weighted by Crippen LogP contribution is 2.40. The molecule has 0 heterocycles. The van der Waals surface area contributed by atoms with Crippen molar-refractivity contribution in [3.63, 3.8) is 0 Å². The zero-order valence-electron chi connectivity index (χ0n) is 7.37. The van der Waals surface area contributed by atoms with E-state index in [9.17, 15) is 9.18 Å². The van der Waals surface area contributed by atoms with E-state index in [1.807, 2.05) is 0 Å². The maximum absolute atomic E-state index is 12.7. The number of aliphatic carboxylic acids is 1. The first-order valence-electron chi connectivity index (χ1n) is 4.30. The molecule has 0 amide bonds. The van der Waals surface area contributed by atoms with Gasteiger partial charge in [0.05, 0.1) is 0 Å². The molecule has 3 nitrogen and oxygen atoms in total. The summed E-state index contributed by atoms with van der Waals surface area (Å²) in [6.45, 7) is 0. The van der Waals surface area contributed by atoms with Gasteiger partial charge in [-0.15, -0.1) is 0 Å². The van der Waals surface area contributed by atoms with Crippen LogP contribution >= 0.6 is 0 Å². The van der Waals surface area contributed by atoms with Crippen LogP contribution in [0.3, 0.4) is 0 Å². The normalized spacial score (nSPS) is 17.5. The van der Waals surface area contributed by atoms with Crippen LogP contribution in [0.15, 0.2) is 24.3 Å². The van der Waals surface area contributed by atoms with E-state index >= 15 is 0 Å². The summed E-state index contributed by atoms with van der Waals surface area (Å²) in [5.41, 5.74) is -1.10.